The molecule has 0 spiro atoms. The Balaban J connectivity index is 1.60. The van der Waals surface area contributed by atoms with Crippen molar-refractivity contribution in [2.75, 3.05) is 11.9 Å². The first-order valence-corrected chi connectivity index (χ1v) is 12.7. The molecule has 0 radical (unpaired) electrons. The standard InChI is InChI=1S/C26H22Cl2N2O4S/c1-3-33-26(32)23-20-6-4-14(2)8-22(20)35-25(23)30-24(31)16(13-29)11-19-5-7-21(34-19)15-9-17(27)12-18(28)10-15/h5,7,9-12,14H,3-4,6,8H2,1-2H3,(H,30,31)/b16-11+. The van der Waals surface area contributed by atoms with E-state index in [9.17, 15) is 14.9 Å². The first-order valence-electron chi connectivity index (χ1n) is 11.1. The normalized spacial score (nSPS) is 15.3. The minimum atomic E-state index is -0.631. The molecule has 9 heteroatoms. The summed E-state index contributed by atoms with van der Waals surface area (Å²) in [4.78, 5) is 26.8. The van der Waals surface area contributed by atoms with Crippen LogP contribution in [0.2, 0.25) is 10.0 Å². The maximum Gasteiger partial charge on any atom is 0.341 e. The van der Waals surface area contributed by atoms with E-state index in [2.05, 4.69) is 12.2 Å². The third-order valence-electron chi connectivity index (χ3n) is 5.64. The first kappa shape index (κ1) is 25.1. The highest BCUT2D eigenvalue weighted by Crippen LogP contribution is 2.40. The van der Waals surface area contributed by atoms with Crippen molar-refractivity contribution >= 4 is 57.5 Å². The molecule has 0 saturated heterocycles. The van der Waals surface area contributed by atoms with Crippen LogP contribution in [0.3, 0.4) is 0 Å². The van der Waals surface area contributed by atoms with Crippen LogP contribution in [0.15, 0.2) is 40.3 Å². The Bertz CT molecular complexity index is 1350. The summed E-state index contributed by atoms with van der Waals surface area (Å²) in [6.07, 6.45) is 3.91. The second-order valence-electron chi connectivity index (χ2n) is 8.26. The van der Waals surface area contributed by atoms with E-state index in [4.69, 9.17) is 32.4 Å². The summed E-state index contributed by atoms with van der Waals surface area (Å²) in [7, 11) is 0. The number of rotatable bonds is 6. The highest BCUT2D eigenvalue weighted by molar-refractivity contribution is 7.17. The van der Waals surface area contributed by atoms with Crippen molar-refractivity contribution in [3.8, 4) is 17.4 Å². The highest BCUT2D eigenvalue weighted by atomic mass is 35.5. The topological polar surface area (TPSA) is 92.3 Å². The molecule has 1 aliphatic rings. The van der Waals surface area contributed by atoms with Crippen LogP contribution in [0, 0.1) is 17.2 Å². The average Bonchev–Trinajstić information content (AvgIpc) is 3.40. The second-order valence-corrected chi connectivity index (χ2v) is 10.2. The summed E-state index contributed by atoms with van der Waals surface area (Å²) >= 11 is 13.5. The number of esters is 1. The average molecular weight is 529 g/mol. The van der Waals surface area contributed by atoms with E-state index in [1.165, 1.54) is 17.4 Å². The lowest BCUT2D eigenvalue weighted by Gasteiger charge is -2.18. The molecular weight excluding hydrogens is 507 g/mol. The van der Waals surface area contributed by atoms with E-state index in [1.807, 2.05) is 6.07 Å². The largest absolute Gasteiger partial charge is 0.462 e. The Kier molecular flexibility index (Phi) is 7.66. The van der Waals surface area contributed by atoms with E-state index in [-0.39, 0.29) is 12.2 Å². The highest BCUT2D eigenvalue weighted by Gasteiger charge is 2.29. The maximum atomic E-state index is 13.0. The molecule has 2 aromatic heterocycles. The molecule has 35 heavy (non-hydrogen) atoms. The summed E-state index contributed by atoms with van der Waals surface area (Å²) in [6, 6.07) is 10.3. The number of nitrogens with one attached hydrogen (secondary N) is 1. The molecule has 4 rings (SSSR count). The van der Waals surface area contributed by atoms with Gasteiger partial charge in [-0.05, 0) is 68.0 Å². The lowest BCUT2D eigenvalue weighted by atomic mass is 9.88. The molecule has 1 amide bonds. The molecule has 0 aliphatic heterocycles. The lowest BCUT2D eigenvalue weighted by Crippen LogP contribution is -2.17. The van der Waals surface area contributed by atoms with Gasteiger partial charge in [0.15, 0.2) is 0 Å². The number of anilines is 1. The van der Waals surface area contributed by atoms with Crippen molar-refractivity contribution in [3.05, 3.63) is 67.7 Å². The number of thiophene rings is 1. The Hall–Kier alpha value is -3.05. The summed E-state index contributed by atoms with van der Waals surface area (Å²) in [5, 5.41) is 13.7. The zero-order valence-corrected chi connectivity index (χ0v) is 21.4. The molecule has 0 saturated carbocycles. The van der Waals surface area contributed by atoms with Crippen molar-refractivity contribution < 1.29 is 18.7 Å². The number of halogens is 2. The van der Waals surface area contributed by atoms with Crippen LogP contribution in [0.1, 0.15) is 46.8 Å². The van der Waals surface area contributed by atoms with Gasteiger partial charge in [0.25, 0.3) is 5.91 Å². The molecule has 0 bridgehead atoms. The second kappa shape index (κ2) is 10.7. The Morgan fingerprint density at radius 3 is 2.71 bits per heavy atom. The maximum absolute atomic E-state index is 13.0. The molecule has 1 unspecified atom stereocenters. The zero-order valence-electron chi connectivity index (χ0n) is 19.1. The fourth-order valence-electron chi connectivity index (χ4n) is 4.00. The fraction of sp³-hybridized carbons (Fsp3) is 0.269. The van der Waals surface area contributed by atoms with Crippen molar-refractivity contribution in [1.82, 2.24) is 0 Å². The number of fused-ring (bicyclic) bond motifs is 1. The van der Waals surface area contributed by atoms with Gasteiger partial charge in [0.05, 0.1) is 12.2 Å². The smallest absolute Gasteiger partial charge is 0.341 e. The number of carbonyl (C=O) groups excluding carboxylic acids is 2. The van der Waals surface area contributed by atoms with Gasteiger partial charge in [-0.25, -0.2) is 4.79 Å². The zero-order chi connectivity index (χ0) is 25.1. The number of nitriles is 1. The van der Waals surface area contributed by atoms with E-state index < -0.39 is 11.9 Å². The van der Waals surface area contributed by atoms with E-state index in [0.29, 0.717) is 43.6 Å². The predicted molar refractivity (Wildman–Crippen MR) is 138 cm³/mol. The minimum Gasteiger partial charge on any atom is -0.462 e. The third-order valence-corrected chi connectivity index (χ3v) is 7.25. The molecule has 6 nitrogen and oxygen atoms in total. The Morgan fingerprint density at radius 2 is 2.03 bits per heavy atom. The molecule has 1 N–H and O–H groups in total. The van der Waals surface area contributed by atoms with Crippen LogP contribution in [0.4, 0.5) is 5.00 Å². The van der Waals surface area contributed by atoms with Crippen molar-refractivity contribution in [3.63, 3.8) is 0 Å². The SMILES string of the molecule is CCOC(=O)c1c(NC(=O)/C(C#N)=C/c2ccc(-c3cc(Cl)cc(Cl)c3)o2)sc2c1CCC(C)C2. The van der Waals surface area contributed by atoms with E-state index >= 15 is 0 Å². The van der Waals surface area contributed by atoms with Gasteiger partial charge in [-0.3, -0.25) is 4.79 Å². The van der Waals surface area contributed by atoms with Gasteiger partial charge in [0, 0.05) is 26.6 Å². The molecular formula is C26H22Cl2N2O4S. The number of amides is 1. The van der Waals surface area contributed by atoms with Gasteiger partial charge in [0.1, 0.15) is 28.2 Å². The number of hydrogen-bond acceptors (Lipinski definition) is 6. The number of benzene rings is 1. The predicted octanol–water partition coefficient (Wildman–Crippen LogP) is 7.16. The van der Waals surface area contributed by atoms with Crippen molar-refractivity contribution in [2.45, 2.75) is 33.1 Å². The fourth-order valence-corrected chi connectivity index (χ4v) is 5.92. The molecule has 1 atom stereocenters. The molecule has 180 valence electrons. The number of nitrogens with zero attached hydrogens (tertiary/aromatic N) is 1. The quantitative estimate of drug-likeness (QED) is 0.208. The van der Waals surface area contributed by atoms with Crippen LogP contribution in [-0.4, -0.2) is 18.5 Å². The summed E-state index contributed by atoms with van der Waals surface area (Å²) in [5.74, 6) is 0.203. The summed E-state index contributed by atoms with van der Waals surface area (Å²) in [6.45, 7) is 4.13. The third kappa shape index (κ3) is 5.62. The van der Waals surface area contributed by atoms with Gasteiger partial charge >= 0.3 is 5.97 Å². The Labute approximate surface area is 217 Å². The van der Waals surface area contributed by atoms with Gasteiger partial charge in [-0.1, -0.05) is 30.1 Å². The summed E-state index contributed by atoms with van der Waals surface area (Å²) in [5.41, 5.74) is 1.83. The molecule has 1 aromatic carbocycles. The monoisotopic (exact) mass is 528 g/mol. The van der Waals surface area contributed by atoms with Crippen LogP contribution in [-0.2, 0) is 22.4 Å². The van der Waals surface area contributed by atoms with E-state index in [0.717, 1.165) is 29.7 Å². The van der Waals surface area contributed by atoms with Crippen molar-refractivity contribution in [2.24, 2.45) is 5.92 Å². The van der Waals surface area contributed by atoms with Gasteiger partial charge in [-0.2, -0.15) is 5.26 Å². The number of carbonyl (C=O) groups is 2. The van der Waals surface area contributed by atoms with Crippen LogP contribution in [0.25, 0.3) is 17.4 Å². The van der Waals surface area contributed by atoms with Crippen LogP contribution in [0.5, 0.6) is 0 Å². The molecule has 0 fully saturated rings. The minimum absolute atomic E-state index is 0.162. The number of hydrogen-bond donors (Lipinski definition) is 1. The molecule has 3 aromatic rings. The van der Waals surface area contributed by atoms with Gasteiger partial charge in [-0.15, -0.1) is 11.3 Å². The van der Waals surface area contributed by atoms with Gasteiger partial charge in [0.2, 0.25) is 0 Å². The summed E-state index contributed by atoms with van der Waals surface area (Å²) < 4.78 is 11.0. The molecule has 1 aliphatic carbocycles. The van der Waals surface area contributed by atoms with Crippen molar-refractivity contribution in [1.29, 1.82) is 5.26 Å². The lowest BCUT2D eigenvalue weighted by molar-refractivity contribution is -0.112. The van der Waals surface area contributed by atoms with E-state index in [1.54, 1.807) is 37.3 Å². The Morgan fingerprint density at radius 1 is 1.29 bits per heavy atom. The number of ether oxygens (including phenoxy) is 1. The van der Waals surface area contributed by atoms with Crippen LogP contribution < -0.4 is 5.32 Å². The van der Waals surface area contributed by atoms with Gasteiger partial charge < -0.3 is 14.5 Å². The first-order chi connectivity index (χ1) is 16.8. The number of furan rings is 1. The van der Waals surface area contributed by atoms with Crippen LogP contribution >= 0.6 is 34.5 Å². The molecule has 2 heterocycles.